The molecule has 0 spiro atoms. The van der Waals surface area contributed by atoms with Crippen molar-refractivity contribution in [3.63, 3.8) is 0 Å². The molecule has 104 valence electrons. The fourth-order valence-electron chi connectivity index (χ4n) is 2.59. The third-order valence-electron chi connectivity index (χ3n) is 4.18. The van der Waals surface area contributed by atoms with Gasteiger partial charge in [0, 0.05) is 16.7 Å². The standard InChI is InChI=1S/C15H21BrN2O/c1-10(2)15(6-7-17-9-15)14(19)18-12-5-4-11(3)13(16)8-12/h4-5,8,10,17H,6-7,9H2,1-3H3,(H,18,19). The summed E-state index contributed by atoms with van der Waals surface area (Å²) in [5.41, 5.74) is 1.74. The second kappa shape index (κ2) is 5.63. The van der Waals surface area contributed by atoms with Crippen LogP contribution < -0.4 is 10.6 Å². The number of nitrogens with one attached hydrogen (secondary N) is 2. The Balaban J connectivity index is 2.17. The van der Waals surface area contributed by atoms with Gasteiger partial charge in [-0.2, -0.15) is 0 Å². The van der Waals surface area contributed by atoms with E-state index >= 15 is 0 Å². The molecule has 1 heterocycles. The molecule has 2 rings (SSSR count). The number of aryl methyl sites for hydroxylation is 1. The Bertz CT molecular complexity index is 479. The van der Waals surface area contributed by atoms with E-state index in [1.807, 2.05) is 25.1 Å². The normalized spacial score (nSPS) is 22.8. The van der Waals surface area contributed by atoms with Crippen molar-refractivity contribution >= 4 is 27.5 Å². The van der Waals surface area contributed by atoms with Gasteiger partial charge in [-0.3, -0.25) is 4.79 Å². The van der Waals surface area contributed by atoms with E-state index in [4.69, 9.17) is 0 Å². The number of halogens is 1. The van der Waals surface area contributed by atoms with Crippen LogP contribution >= 0.6 is 15.9 Å². The van der Waals surface area contributed by atoms with Crippen LogP contribution in [0, 0.1) is 18.3 Å². The smallest absolute Gasteiger partial charge is 0.232 e. The Kier molecular flexibility index (Phi) is 4.31. The van der Waals surface area contributed by atoms with Crippen molar-refractivity contribution in [3.8, 4) is 0 Å². The maximum absolute atomic E-state index is 12.6. The molecule has 4 heteroatoms. The van der Waals surface area contributed by atoms with Crippen molar-refractivity contribution in [2.75, 3.05) is 18.4 Å². The molecule has 1 aliphatic rings. The first-order chi connectivity index (χ1) is 8.95. The number of carbonyl (C=O) groups excluding carboxylic acids is 1. The van der Waals surface area contributed by atoms with Gasteiger partial charge in [0.15, 0.2) is 0 Å². The first-order valence-corrected chi connectivity index (χ1v) is 7.53. The Labute approximate surface area is 123 Å². The number of anilines is 1. The first kappa shape index (κ1) is 14.5. The summed E-state index contributed by atoms with van der Waals surface area (Å²) >= 11 is 3.50. The Morgan fingerprint density at radius 1 is 1.47 bits per heavy atom. The molecule has 0 bridgehead atoms. The molecule has 19 heavy (non-hydrogen) atoms. The first-order valence-electron chi connectivity index (χ1n) is 6.74. The lowest BCUT2D eigenvalue weighted by Gasteiger charge is -2.31. The highest BCUT2D eigenvalue weighted by Crippen LogP contribution is 2.35. The summed E-state index contributed by atoms with van der Waals surface area (Å²) in [5, 5.41) is 6.38. The minimum atomic E-state index is -0.280. The van der Waals surface area contributed by atoms with Crippen LogP contribution in [0.4, 0.5) is 5.69 Å². The van der Waals surface area contributed by atoms with Crippen molar-refractivity contribution in [2.24, 2.45) is 11.3 Å². The van der Waals surface area contributed by atoms with Gasteiger partial charge in [-0.05, 0) is 43.5 Å². The number of hydrogen-bond donors (Lipinski definition) is 2. The Morgan fingerprint density at radius 3 is 2.74 bits per heavy atom. The van der Waals surface area contributed by atoms with Crippen LogP contribution in [0.15, 0.2) is 22.7 Å². The summed E-state index contributed by atoms with van der Waals surface area (Å²) in [6.07, 6.45) is 0.906. The van der Waals surface area contributed by atoms with Crippen LogP contribution in [0.3, 0.4) is 0 Å². The molecule has 2 N–H and O–H groups in total. The Morgan fingerprint density at radius 2 is 2.21 bits per heavy atom. The van der Waals surface area contributed by atoms with E-state index in [9.17, 15) is 4.79 Å². The molecule has 1 aromatic rings. The van der Waals surface area contributed by atoms with Crippen molar-refractivity contribution in [1.29, 1.82) is 0 Å². The molecule has 1 atom stereocenters. The van der Waals surface area contributed by atoms with Crippen LogP contribution in [0.2, 0.25) is 0 Å². The van der Waals surface area contributed by atoms with E-state index < -0.39 is 0 Å². The zero-order valence-corrected chi connectivity index (χ0v) is 13.3. The van der Waals surface area contributed by atoms with Crippen LogP contribution in [0.5, 0.6) is 0 Å². The van der Waals surface area contributed by atoms with Gasteiger partial charge in [0.1, 0.15) is 0 Å². The lowest BCUT2D eigenvalue weighted by atomic mass is 9.75. The zero-order valence-electron chi connectivity index (χ0n) is 11.7. The van der Waals surface area contributed by atoms with Crippen LogP contribution in [-0.4, -0.2) is 19.0 Å². The topological polar surface area (TPSA) is 41.1 Å². The molecule has 3 nitrogen and oxygen atoms in total. The van der Waals surface area contributed by atoms with E-state index in [0.29, 0.717) is 5.92 Å². The molecule has 0 aliphatic carbocycles. The molecule has 0 radical (unpaired) electrons. The van der Waals surface area contributed by atoms with Gasteiger partial charge in [-0.25, -0.2) is 0 Å². The lowest BCUT2D eigenvalue weighted by molar-refractivity contribution is -0.126. The molecular weight excluding hydrogens is 304 g/mol. The molecule has 1 saturated heterocycles. The van der Waals surface area contributed by atoms with Crippen LogP contribution in [-0.2, 0) is 4.79 Å². The van der Waals surface area contributed by atoms with Crippen molar-refractivity contribution in [3.05, 3.63) is 28.2 Å². The predicted molar refractivity (Wildman–Crippen MR) is 82.3 cm³/mol. The number of hydrogen-bond acceptors (Lipinski definition) is 2. The average Bonchev–Trinajstić information content (AvgIpc) is 2.84. The van der Waals surface area contributed by atoms with Gasteiger partial charge in [-0.15, -0.1) is 0 Å². The number of carbonyl (C=O) groups is 1. The van der Waals surface area contributed by atoms with E-state index in [-0.39, 0.29) is 11.3 Å². The quantitative estimate of drug-likeness (QED) is 0.895. The van der Waals surface area contributed by atoms with E-state index in [2.05, 4.69) is 40.4 Å². The highest BCUT2D eigenvalue weighted by atomic mass is 79.9. The second-order valence-electron chi connectivity index (χ2n) is 5.66. The maximum atomic E-state index is 12.6. The van der Waals surface area contributed by atoms with Gasteiger partial charge in [0.2, 0.25) is 5.91 Å². The molecule has 1 aliphatic heterocycles. The fourth-order valence-corrected chi connectivity index (χ4v) is 2.97. The summed E-state index contributed by atoms with van der Waals surface area (Å²) < 4.78 is 1.02. The molecular formula is C15H21BrN2O. The molecule has 1 amide bonds. The maximum Gasteiger partial charge on any atom is 0.232 e. The third-order valence-corrected chi connectivity index (χ3v) is 5.03. The number of rotatable bonds is 3. The lowest BCUT2D eigenvalue weighted by Crippen LogP contribution is -2.42. The SMILES string of the molecule is Cc1ccc(NC(=O)C2(C(C)C)CCNC2)cc1Br. The highest BCUT2D eigenvalue weighted by Gasteiger charge is 2.43. The third kappa shape index (κ3) is 2.84. The minimum Gasteiger partial charge on any atom is -0.326 e. The summed E-state index contributed by atoms with van der Waals surface area (Å²) in [6.45, 7) is 7.97. The average molecular weight is 325 g/mol. The van der Waals surface area contributed by atoms with E-state index in [0.717, 1.165) is 29.7 Å². The van der Waals surface area contributed by atoms with Crippen molar-refractivity contribution in [1.82, 2.24) is 5.32 Å². The van der Waals surface area contributed by atoms with Gasteiger partial charge in [0.25, 0.3) is 0 Å². The zero-order chi connectivity index (χ0) is 14.0. The van der Waals surface area contributed by atoms with Gasteiger partial charge >= 0.3 is 0 Å². The van der Waals surface area contributed by atoms with Crippen LogP contribution in [0.25, 0.3) is 0 Å². The summed E-state index contributed by atoms with van der Waals surface area (Å²) in [6, 6.07) is 5.92. The molecule has 0 aromatic heterocycles. The fraction of sp³-hybridized carbons (Fsp3) is 0.533. The minimum absolute atomic E-state index is 0.128. The predicted octanol–water partition coefficient (Wildman–Crippen LogP) is 3.33. The molecule has 0 saturated carbocycles. The Hall–Kier alpha value is -0.870. The van der Waals surface area contributed by atoms with Crippen molar-refractivity contribution < 1.29 is 4.79 Å². The summed E-state index contributed by atoms with van der Waals surface area (Å²) in [5.74, 6) is 0.458. The molecule has 1 unspecified atom stereocenters. The summed E-state index contributed by atoms with van der Waals surface area (Å²) in [4.78, 5) is 12.6. The number of amides is 1. The summed E-state index contributed by atoms with van der Waals surface area (Å²) in [7, 11) is 0. The largest absolute Gasteiger partial charge is 0.326 e. The molecule has 1 aromatic carbocycles. The molecule has 1 fully saturated rings. The van der Waals surface area contributed by atoms with E-state index in [1.54, 1.807) is 0 Å². The van der Waals surface area contributed by atoms with Crippen LogP contribution in [0.1, 0.15) is 25.8 Å². The van der Waals surface area contributed by atoms with E-state index in [1.165, 1.54) is 5.56 Å². The van der Waals surface area contributed by atoms with Gasteiger partial charge < -0.3 is 10.6 Å². The highest BCUT2D eigenvalue weighted by molar-refractivity contribution is 9.10. The van der Waals surface area contributed by atoms with Gasteiger partial charge in [-0.1, -0.05) is 35.8 Å². The van der Waals surface area contributed by atoms with Crippen molar-refractivity contribution in [2.45, 2.75) is 27.2 Å². The monoisotopic (exact) mass is 324 g/mol. The number of benzene rings is 1. The second-order valence-corrected chi connectivity index (χ2v) is 6.51. The van der Waals surface area contributed by atoms with Gasteiger partial charge in [0.05, 0.1) is 5.41 Å².